The molecular weight excluding hydrogens is 445 g/mol. The lowest BCUT2D eigenvalue weighted by Gasteiger charge is -2.35. The van der Waals surface area contributed by atoms with E-state index in [1.165, 1.54) is 18.6 Å². The van der Waals surface area contributed by atoms with Crippen molar-refractivity contribution in [1.82, 2.24) is 15.3 Å². The lowest BCUT2D eigenvalue weighted by molar-refractivity contribution is 0.355. The smallest absolute Gasteiger partial charge is 0.232 e. The Hall–Kier alpha value is -1.99. The number of hydrogen-bond donors (Lipinski definition) is 2. The topological polar surface area (TPSA) is 53.1 Å². The summed E-state index contributed by atoms with van der Waals surface area (Å²) in [5.41, 5.74) is 1.11. The van der Waals surface area contributed by atoms with Crippen LogP contribution in [0.25, 0.3) is 0 Å². The first-order chi connectivity index (χ1) is 15.3. The molecule has 2 unspecified atom stereocenters. The third-order valence-corrected chi connectivity index (χ3v) is 7.14. The summed E-state index contributed by atoms with van der Waals surface area (Å²) in [4.78, 5) is 11.3. The highest BCUT2D eigenvalue weighted by molar-refractivity contribution is 7.80. The van der Waals surface area contributed by atoms with Gasteiger partial charge in [-0.3, -0.25) is 0 Å². The summed E-state index contributed by atoms with van der Waals surface area (Å²) in [7, 11) is 0. The van der Waals surface area contributed by atoms with E-state index in [-0.39, 0.29) is 11.2 Å². The van der Waals surface area contributed by atoms with Crippen LogP contribution in [0.1, 0.15) is 51.5 Å². The summed E-state index contributed by atoms with van der Waals surface area (Å²) in [5.74, 6) is 2.24. The molecule has 1 aliphatic heterocycles. The van der Waals surface area contributed by atoms with Crippen molar-refractivity contribution in [3.63, 3.8) is 0 Å². The third-order valence-electron chi connectivity index (χ3n) is 6.70. The Kier molecular flexibility index (Phi) is 7.15. The minimum Gasteiger partial charge on any atom is -0.361 e. The molecule has 8 heteroatoms. The quantitative estimate of drug-likeness (QED) is 0.436. The number of aromatic nitrogens is 2. The number of piperidine rings is 1. The second-order valence-electron chi connectivity index (χ2n) is 9.53. The molecule has 172 valence electrons. The Morgan fingerprint density at radius 3 is 2.47 bits per heavy atom. The average Bonchev–Trinajstić information content (AvgIpc) is 3.22. The van der Waals surface area contributed by atoms with Crippen molar-refractivity contribution < 1.29 is 4.39 Å². The molecule has 32 heavy (non-hydrogen) atoms. The van der Waals surface area contributed by atoms with E-state index in [0.717, 1.165) is 50.2 Å². The number of nitrogens with one attached hydrogen (secondary N) is 2. The minimum absolute atomic E-state index is 0.0418. The molecule has 5 nitrogen and oxygen atoms in total. The van der Waals surface area contributed by atoms with Crippen LogP contribution in [0.15, 0.2) is 30.3 Å². The Morgan fingerprint density at radius 2 is 1.81 bits per heavy atom. The van der Waals surface area contributed by atoms with Crippen LogP contribution in [0.5, 0.6) is 0 Å². The van der Waals surface area contributed by atoms with Crippen molar-refractivity contribution in [2.24, 2.45) is 11.8 Å². The molecule has 0 spiro atoms. The largest absolute Gasteiger partial charge is 0.361 e. The van der Waals surface area contributed by atoms with Gasteiger partial charge in [-0.25, -0.2) is 9.37 Å². The maximum Gasteiger partial charge on any atom is 0.232 e. The number of rotatable bonds is 5. The molecule has 2 fully saturated rings. The van der Waals surface area contributed by atoms with Gasteiger partial charge >= 0.3 is 0 Å². The summed E-state index contributed by atoms with van der Waals surface area (Å²) < 4.78 is 13.4. The summed E-state index contributed by atoms with van der Waals surface area (Å²) in [6.07, 6.45) is 5.65. The second-order valence-corrected chi connectivity index (χ2v) is 10.3. The molecule has 2 N–H and O–H groups in total. The zero-order valence-corrected chi connectivity index (χ0v) is 20.3. The molecule has 0 bridgehead atoms. The molecule has 1 aromatic carbocycles. The zero-order chi connectivity index (χ0) is 22.7. The number of thiocarbonyl (C=S) groups is 1. The molecular formula is C24H31ClFN5S. The maximum atomic E-state index is 13.4. The summed E-state index contributed by atoms with van der Waals surface area (Å²) in [6.45, 7) is 7.13. The van der Waals surface area contributed by atoms with E-state index in [0.29, 0.717) is 34.6 Å². The van der Waals surface area contributed by atoms with Crippen LogP contribution in [0.2, 0.25) is 5.15 Å². The van der Waals surface area contributed by atoms with E-state index >= 15 is 0 Å². The molecule has 0 radical (unpaired) electrons. The monoisotopic (exact) mass is 475 g/mol. The molecule has 2 heterocycles. The van der Waals surface area contributed by atoms with Gasteiger partial charge in [-0.2, -0.15) is 4.98 Å². The highest BCUT2D eigenvalue weighted by Crippen LogP contribution is 2.40. The number of hydrogen-bond acceptors (Lipinski definition) is 4. The first-order valence-corrected chi connectivity index (χ1v) is 12.2. The molecule has 1 saturated heterocycles. The molecule has 1 aliphatic carbocycles. The molecule has 2 aromatic rings. The number of anilines is 2. The predicted octanol–water partition coefficient (Wildman–Crippen LogP) is 5.55. The standard InChI is InChI=1S/C24H31ClFN5S/c1-16-11-17(2)14-31(13-16)21-12-20(25)28-22(29-21)30-23(32)27-15-24(9-3-4-10-24)18-5-7-19(26)8-6-18/h5-8,12,16-17H,3-4,9-11,13-15H2,1-2H3,(H2,27,28,29,30,32). The van der Waals surface area contributed by atoms with E-state index < -0.39 is 0 Å². The van der Waals surface area contributed by atoms with Crippen LogP contribution in [0.3, 0.4) is 0 Å². The first-order valence-electron chi connectivity index (χ1n) is 11.4. The van der Waals surface area contributed by atoms with Crippen molar-refractivity contribution >= 4 is 40.7 Å². The Morgan fingerprint density at radius 1 is 1.16 bits per heavy atom. The van der Waals surface area contributed by atoms with E-state index in [1.54, 1.807) is 0 Å². The minimum atomic E-state index is -0.210. The Balaban J connectivity index is 1.42. The number of halogens is 2. The molecule has 1 aromatic heterocycles. The van der Waals surface area contributed by atoms with Gasteiger partial charge in [0.2, 0.25) is 5.95 Å². The SMILES string of the molecule is CC1CC(C)CN(c2cc(Cl)nc(NC(=S)NCC3(c4ccc(F)cc4)CCCC3)n2)C1. The van der Waals surface area contributed by atoms with Gasteiger partial charge in [-0.05, 0) is 61.0 Å². The fourth-order valence-corrected chi connectivity index (χ4v) is 5.63. The van der Waals surface area contributed by atoms with Crippen molar-refractivity contribution in [3.05, 3.63) is 46.9 Å². The average molecular weight is 476 g/mol. The second kappa shape index (κ2) is 9.87. The predicted molar refractivity (Wildman–Crippen MR) is 133 cm³/mol. The van der Waals surface area contributed by atoms with Gasteiger partial charge in [0.05, 0.1) is 0 Å². The maximum absolute atomic E-state index is 13.4. The van der Waals surface area contributed by atoms with Gasteiger partial charge in [0, 0.05) is 31.1 Å². The number of nitrogens with zero attached hydrogens (tertiary/aromatic N) is 3. The zero-order valence-electron chi connectivity index (χ0n) is 18.7. The van der Waals surface area contributed by atoms with Crippen LogP contribution in [-0.4, -0.2) is 34.7 Å². The highest BCUT2D eigenvalue weighted by Gasteiger charge is 2.35. The normalized spacial score (nSPS) is 22.6. The van der Waals surface area contributed by atoms with Gasteiger partial charge in [0.25, 0.3) is 0 Å². The van der Waals surface area contributed by atoms with Crippen molar-refractivity contribution in [1.29, 1.82) is 0 Å². The summed E-state index contributed by atoms with van der Waals surface area (Å²) in [5, 5.41) is 7.32. The van der Waals surface area contributed by atoms with Crippen molar-refractivity contribution in [2.45, 2.75) is 51.4 Å². The fourth-order valence-electron chi connectivity index (χ4n) is 5.29. The van der Waals surface area contributed by atoms with E-state index in [9.17, 15) is 4.39 Å². The van der Waals surface area contributed by atoms with Crippen molar-refractivity contribution in [3.8, 4) is 0 Å². The molecule has 4 rings (SSSR count). The van der Waals surface area contributed by atoms with Crippen LogP contribution in [-0.2, 0) is 5.41 Å². The Labute approximate surface area is 200 Å². The van der Waals surface area contributed by atoms with Gasteiger partial charge in [0.1, 0.15) is 16.8 Å². The molecule has 0 amide bonds. The van der Waals surface area contributed by atoms with E-state index in [1.807, 2.05) is 18.2 Å². The lowest BCUT2D eigenvalue weighted by Crippen LogP contribution is -2.41. The van der Waals surface area contributed by atoms with Gasteiger partial charge < -0.3 is 15.5 Å². The first kappa shape index (κ1) is 23.2. The molecule has 1 saturated carbocycles. The lowest BCUT2D eigenvalue weighted by atomic mass is 9.79. The van der Waals surface area contributed by atoms with Gasteiger partial charge in [-0.15, -0.1) is 0 Å². The van der Waals surface area contributed by atoms with Crippen LogP contribution in [0, 0.1) is 17.7 Å². The van der Waals surface area contributed by atoms with Crippen LogP contribution < -0.4 is 15.5 Å². The third kappa shape index (κ3) is 5.49. The van der Waals surface area contributed by atoms with Crippen LogP contribution in [0.4, 0.5) is 16.2 Å². The van der Waals surface area contributed by atoms with E-state index in [4.69, 9.17) is 23.8 Å². The molecule has 2 atom stereocenters. The van der Waals surface area contributed by atoms with Gasteiger partial charge in [-0.1, -0.05) is 50.4 Å². The number of benzene rings is 1. The van der Waals surface area contributed by atoms with E-state index in [2.05, 4.69) is 39.3 Å². The Bertz CT molecular complexity index is 938. The fraction of sp³-hybridized carbons (Fsp3) is 0.542. The van der Waals surface area contributed by atoms with Gasteiger partial charge in [0.15, 0.2) is 5.11 Å². The van der Waals surface area contributed by atoms with Crippen LogP contribution >= 0.6 is 23.8 Å². The molecule has 2 aliphatic rings. The summed E-state index contributed by atoms with van der Waals surface area (Å²) >= 11 is 11.9. The highest BCUT2D eigenvalue weighted by atomic mass is 35.5. The summed E-state index contributed by atoms with van der Waals surface area (Å²) in [6, 6.07) is 8.68. The van der Waals surface area contributed by atoms with Crippen molar-refractivity contribution in [2.75, 3.05) is 29.9 Å².